The number of nitrogens with one attached hydrogen (secondary N) is 1. The molecule has 5 rings (SSSR count). The Balaban J connectivity index is 1.27. The van der Waals surface area contributed by atoms with Crippen molar-refractivity contribution >= 4 is 22.5 Å². The SMILES string of the molecule is CN1CCC(Oc2ccc(C(=O)Nc3cc4cc(-c5cnn(C)c5)ccc4cn3)cc2)CC1. The molecule has 0 unspecified atom stereocenters. The first kappa shape index (κ1) is 21.2. The normalized spacial score (nSPS) is 15.0. The Bertz CT molecular complexity index is 1270. The van der Waals surface area contributed by atoms with Gasteiger partial charge in [-0.25, -0.2) is 4.98 Å². The van der Waals surface area contributed by atoms with Gasteiger partial charge in [0.2, 0.25) is 0 Å². The molecular weight excluding hydrogens is 414 g/mol. The molecule has 1 aliphatic heterocycles. The van der Waals surface area contributed by atoms with Gasteiger partial charge in [0, 0.05) is 49.0 Å². The van der Waals surface area contributed by atoms with Crippen LogP contribution < -0.4 is 10.1 Å². The van der Waals surface area contributed by atoms with Gasteiger partial charge in [-0.3, -0.25) is 9.48 Å². The predicted octanol–water partition coefficient (Wildman–Crippen LogP) is 4.36. The number of ether oxygens (including phenoxy) is 1. The van der Waals surface area contributed by atoms with Crippen molar-refractivity contribution in [1.29, 1.82) is 0 Å². The molecule has 1 aliphatic rings. The van der Waals surface area contributed by atoms with Gasteiger partial charge in [0.1, 0.15) is 17.7 Å². The number of hydrogen-bond donors (Lipinski definition) is 1. The van der Waals surface area contributed by atoms with Gasteiger partial charge in [-0.1, -0.05) is 12.1 Å². The summed E-state index contributed by atoms with van der Waals surface area (Å²) < 4.78 is 7.86. The van der Waals surface area contributed by atoms with Crippen molar-refractivity contribution in [2.24, 2.45) is 7.05 Å². The second-order valence-electron chi connectivity index (χ2n) is 8.63. The number of rotatable bonds is 5. The Morgan fingerprint density at radius 1 is 0.970 bits per heavy atom. The second kappa shape index (κ2) is 9.03. The minimum Gasteiger partial charge on any atom is -0.490 e. The molecule has 4 aromatic rings. The molecule has 2 aromatic heterocycles. The highest BCUT2D eigenvalue weighted by Gasteiger charge is 2.18. The summed E-state index contributed by atoms with van der Waals surface area (Å²) in [4.78, 5) is 19.5. The standard InChI is InChI=1S/C26H27N5O2/c1-30-11-9-24(10-12-30)33-23-7-5-18(6-8-23)26(32)29-25-14-21-13-19(3-4-20(21)15-27-25)22-16-28-31(2)17-22/h3-8,13-17,24H,9-12H2,1-2H3,(H,27,29,32). The Kier molecular flexibility index (Phi) is 5.79. The molecule has 168 valence electrons. The minimum absolute atomic E-state index is 0.198. The zero-order valence-electron chi connectivity index (χ0n) is 18.9. The number of aromatic nitrogens is 3. The van der Waals surface area contributed by atoms with Crippen LogP contribution in [0.15, 0.2) is 67.1 Å². The highest BCUT2D eigenvalue weighted by Crippen LogP contribution is 2.25. The fourth-order valence-electron chi connectivity index (χ4n) is 4.13. The summed E-state index contributed by atoms with van der Waals surface area (Å²) in [5.41, 5.74) is 2.68. The lowest BCUT2D eigenvalue weighted by atomic mass is 10.1. The zero-order chi connectivity index (χ0) is 22.8. The van der Waals surface area contributed by atoms with E-state index in [9.17, 15) is 4.79 Å². The fraction of sp³-hybridized carbons (Fsp3) is 0.269. The third-order valence-electron chi connectivity index (χ3n) is 6.09. The Morgan fingerprint density at radius 2 is 1.76 bits per heavy atom. The minimum atomic E-state index is -0.198. The third-order valence-corrected chi connectivity index (χ3v) is 6.09. The molecule has 7 nitrogen and oxygen atoms in total. The number of benzene rings is 2. The molecule has 0 radical (unpaired) electrons. The molecule has 1 N–H and O–H groups in total. The van der Waals surface area contributed by atoms with Gasteiger partial charge in [-0.2, -0.15) is 5.10 Å². The van der Waals surface area contributed by atoms with Crippen LogP contribution >= 0.6 is 0 Å². The lowest BCUT2D eigenvalue weighted by Gasteiger charge is -2.29. The molecule has 0 bridgehead atoms. The maximum absolute atomic E-state index is 12.8. The molecule has 33 heavy (non-hydrogen) atoms. The average Bonchev–Trinajstić information content (AvgIpc) is 3.27. The lowest BCUT2D eigenvalue weighted by Crippen LogP contribution is -2.35. The first-order valence-electron chi connectivity index (χ1n) is 11.2. The van der Waals surface area contributed by atoms with Crippen molar-refractivity contribution in [1.82, 2.24) is 19.7 Å². The number of hydrogen-bond acceptors (Lipinski definition) is 5. The van der Waals surface area contributed by atoms with E-state index in [1.54, 1.807) is 23.0 Å². The first-order valence-corrected chi connectivity index (χ1v) is 11.2. The molecular formula is C26H27N5O2. The van der Waals surface area contributed by atoms with E-state index >= 15 is 0 Å². The Morgan fingerprint density at radius 3 is 2.48 bits per heavy atom. The molecule has 1 fully saturated rings. The van der Waals surface area contributed by atoms with Gasteiger partial charge < -0.3 is 15.0 Å². The van der Waals surface area contributed by atoms with Gasteiger partial charge in [0.25, 0.3) is 5.91 Å². The highest BCUT2D eigenvalue weighted by molar-refractivity contribution is 6.04. The van der Waals surface area contributed by atoms with Crippen LogP contribution in [0, 0.1) is 0 Å². The summed E-state index contributed by atoms with van der Waals surface area (Å²) >= 11 is 0. The second-order valence-corrected chi connectivity index (χ2v) is 8.63. The molecule has 1 amide bonds. The lowest BCUT2D eigenvalue weighted by molar-refractivity contribution is 0.102. The van der Waals surface area contributed by atoms with Crippen molar-refractivity contribution < 1.29 is 9.53 Å². The van der Waals surface area contributed by atoms with Crippen LogP contribution in [0.4, 0.5) is 5.82 Å². The number of carbonyl (C=O) groups is 1. The van der Waals surface area contributed by atoms with E-state index in [2.05, 4.69) is 39.5 Å². The van der Waals surface area contributed by atoms with Crippen molar-refractivity contribution in [3.8, 4) is 16.9 Å². The molecule has 1 saturated heterocycles. The maximum Gasteiger partial charge on any atom is 0.256 e. The van der Waals surface area contributed by atoms with E-state index in [-0.39, 0.29) is 12.0 Å². The summed E-state index contributed by atoms with van der Waals surface area (Å²) in [5, 5.41) is 9.16. The van der Waals surface area contributed by atoms with E-state index in [0.717, 1.165) is 53.6 Å². The van der Waals surface area contributed by atoms with Gasteiger partial charge in [-0.05, 0) is 67.2 Å². The Hall–Kier alpha value is -3.71. The van der Waals surface area contributed by atoms with Gasteiger partial charge >= 0.3 is 0 Å². The Labute approximate surface area is 193 Å². The average molecular weight is 442 g/mol. The number of aryl methyl sites for hydroxylation is 1. The predicted molar refractivity (Wildman–Crippen MR) is 129 cm³/mol. The molecule has 0 spiro atoms. The third kappa shape index (κ3) is 4.88. The van der Waals surface area contributed by atoms with Crippen LogP contribution in [0.5, 0.6) is 5.75 Å². The van der Waals surface area contributed by atoms with Crippen molar-refractivity contribution in [2.45, 2.75) is 18.9 Å². The van der Waals surface area contributed by atoms with Gasteiger partial charge in [0.15, 0.2) is 0 Å². The monoisotopic (exact) mass is 441 g/mol. The molecule has 0 atom stereocenters. The van der Waals surface area contributed by atoms with Crippen LogP contribution in [-0.2, 0) is 7.05 Å². The topological polar surface area (TPSA) is 72.3 Å². The van der Waals surface area contributed by atoms with Crippen LogP contribution in [0.1, 0.15) is 23.2 Å². The number of carbonyl (C=O) groups excluding carboxylic acids is 1. The highest BCUT2D eigenvalue weighted by atomic mass is 16.5. The smallest absolute Gasteiger partial charge is 0.256 e. The molecule has 0 aliphatic carbocycles. The molecule has 3 heterocycles. The van der Waals surface area contributed by atoms with Crippen molar-refractivity contribution in [2.75, 3.05) is 25.5 Å². The number of piperidine rings is 1. The number of fused-ring (bicyclic) bond motifs is 1. The molecule has 0 saturated carbocycles. The number of pyridine rings is 1. The first-order chi connectivity index (χ1) is 16.0. The van der Waals surface area contributed by atoms with E-state index in [0.29, 0.717) is 11.4 Å². The molecule has 2 aromatic carbocycles. The summed E-state index contributed by atoms with van der Waals surface area (Å²) in [6.45, 7) is 2.10. The van der Waals surface area contributed by atoms with E-state index in [1.165, 1.54) is 0 Å². The summed E-state index contributed by atoms with van der Waals surface area (Å²) in [5.74, 6) is 1.12. The van der Waals surface area contributed by atoms with Gasteiger partial charge in [-0.15, -0.1) is 0 Å². The fourth-order valence-corrected chi connectivity index (χ4v) is 4.13. The summed E-state index contributed by atoms with van der Waals surface area (Å²) in [7, 11) is 4.03. The maximum atomic E-state index is 12.8. The zero-order valence-corrected chi connectivity index (χ0v) is 18.9. The van der Waals surface area contributed by atoms with Gasteiger partial charge in [0.05, 0.1) is 6.20 Å². The summed E-state index contributed by atoms with van der Waals surface area (Å²) in [6, 6.07) is 15.4. The van der Waals surface area contributed by atoms with Crippen molar-refractivity contribution in [3.63, 3.8) is 0 Å². The number of anilines is 1. The number of nitrogens with zero attached hydrogens (tertiary/aromatic N) is 4. The van der Waals surface area contributed by atoms with Crippen LogP contribution in [-0.4, -0.2) is 51.8 Å². The van der Waals surface area contributed by atoms with Crippen LogP contribution in [0.2, 0.25) is 0 Å². The summed E-state index contributed by atoms with van der Waals surface area (Å²) in [6.07, 6.45) is 7.87. The largest absolute Gasteiger partial charge is 0.490 e. The van der Waals surface area contributed by atoms with E-state index < -0.39 is 0 Å². The molecule has 7 heteroatoms. The quantitative estimate of drug-likeness (QED) is 0.498. The number of amides is 1. The van der Waals surface area contributed by atoms with Crippen LogP contribution in [0.25, 0.3) is 21.9 Å². The van der Waals surface area contributed by atoms with Crippen molar-refractivity contribution in [3.05, 3.63) is 72.7 Å². The van der Waals surface area contributed by atoms with E-state index in [1.807, 2.05) is 43.7 Å². The number of likely N-dealkylation sites (tertiary alicyclic amines) is 1. The van der Waals surface area contributed by atoms with E-state index in [4.69, 9.17) is 4.74 Å². The van der Waals surface area contributed by atoms with Crippen LogP contribution in [0.3, 0.4) is 0 Å².